The maximum atomic E-state index is 10.6. The Kier molecular flexibility index (Phi) is 3.66. The molecule has 0 saturated carbocycles. The number of carboxylic acid groups (broad SMARTS) is 1. The van der Waals surface area contributed by atoms with Gasteiger partial charge in [0.15, 0.2) is 5.69 Å². The molecule has 72 valence electrons. The van der Waals surface area contributed by atoms with Crippen LogP contribution in [0.5, 0.6) is 0 Å². The van der Waals surface area contributed by atoms with Crippen LogP contribution in [-0.2, 0) is 0 Å². The van der Waals surface area contributed by atoms with Crippen molar-refractivity contribution in [2.45, 2.75) is 6.92 Å². The first-order valence-electron chi connectivity index (χ1n) is 3.90. The molecule has 1 heterocycles. The van der Waals surface area contributed by atoms with E-state index in [1.807, 2.05) is 0 Å². The second-order valence-electron chi connectivity index (χ2n) is 2.63. The zero-order valence-corrected chi connectivity index (χ0v) is 9.13. The fourth-order valence-electron chi connectivity index (χ4n) is 1.00. The van der Waals surface area contributed by atoms with Crippen LogP contribution < -0.4 is 0 Å². The lowest BCUT2D eigenvalue weighted by atomic mass is 10.1. The normalized spacial score (nSPS) is 9.00. The summed E-state index contributed by atoms with van der Waals surface area (Å²) >= 11 is 3.17. The molecule has 1 aromatic rings. The van der Waals surface area contributed by atoms with Gasteiger partial charge >= 0.3 is 5.97 Å². The predicted octanol–water partition coefficient (Wildman–Crippen LogP) is 1.83. The summed E-state index contributed by atoms with van der Waals surface area (Å²) in [4.78, 5) is 14.5. The molecule has 0 aliphatic rings. The Bertz CT molecular complexity index is 418. The van der Waals surface area contributed by atoms with Crippen molar-refractivity contribution < 1.29 is 9.90 Å². The van der Waals surface area contributed by atoms with E-state index in [2.05, 4.69) is 32.8 Å². The minimum absolute atomic E-state index is 0.0781. The number of aromatic nitrogens is 1. The molecule has 14 heavy (non-hydrogen) atoms. The van der Waals surface area contributed by atoms with E-state index >= 15 is 0 Å². The van der Waals surface area contributed by atoms with Crippen LogP contribution in [0, 0.1) is 18.8 Å². The van der Waals surface area contributed by atoms with E-state index in [0.29, 0.717) is 10.9 Å². The summed E-state index contributed by atoms with van der Waals surface area (Å²) in [6.07, 6.45) is 1.46. The largest absolute Gasteiger partial charge is 0.477 e. The summed E-state index contributed by atoms with van der Waals surface area (Å²) in [6.45, 7) is 1.70. The van der Waals surface area contributed by atoms with Crippen molar-refractivity contribution in [3.05, 3.63) is 29.1 Å². The highest BCUT2D eigenvalue weighted by atomic mass is 79.9. The van der Waals surface area contributed by atoms with Gasteiger partial charge < -0.3 is 5.11 Å². The maximum absolute atomic E-state index is 10.6. The van der Waals surface area contributed by atoms with Gasteiger partial charge in [0.2, 0.25) is 0 Å². The van der Waals surface area contributed by atoms with Crippen LogP contribution in [0.1, 0.15) is 21.6 Å². The van der Waals surface area contributed by atoms with Crippen LogP contribution in [0.2, 0.25) is 0 Å². The molecular formula is C10H8BrNO2. The van der Waals surface area contributed by atoms with Gasteiger partial charge in [-0.1, -0.05) is 27.8 Å². The zero-order chi connectivity index (χ0) is 10.6. The van der Waals surface area contributed by atoms with Crippen molar-refractivity contribution in [1.82, 2.24) is 4.98 Å². The zero-order valence-electron chi connectivity index (χ0n) is 7.54. The summed E-state index contributed by atoms with van der Waals surface area (Å²) in [5, 5.41) is 9.32. The van der Waals surface area contributed by atoms with Gasteiger partial charge in [-0.3, -0.25) is 0 Å². The minimum Gasteiger partial charge on any atom is -0.477 e. The molecule has 0 bridgehead atoms. The monoisotopic (exact) mass is 253 g/mol. The molecule has 1 aromatic heterocycles. The first-order chi connectivity index (χ1) is 6.65. The molecule has 0 unspecified atom stereocenters. The van der Waals surface area contributed by atoms with E-state index < -0.39 is 5.97 Å². The molecule has 0 amide bonds. The fraction of sp³-hybridized carbons (Fsp3) is 0.200. The van der Waals surface area contributed by atoms with Crippen molar-refractivity contribution in [1.29, 1.82) is 0 Å². The molecule has 0 saturated heterocycles. The molecule has 0 spiro atoms. The number of alkyl halides is 1. The van der Waals surface area contributed by atoms with Crippen LogP contribution in [-0.4, -0.2) is 21.4 Å². The predicted molar refractivity (Wildman–Crippen MR) is 56.6 cm³/mol. The van der Waals surface area contributed by atoms with Crippen molar-refractivity contribution in [2.75, 3.05) is 5.33 Å². The Morgan fingerprint density at radius 2 is 2.43 bits per heavy atom. The van der Waals surface area contributed by atoms with Gasteiger partial charge in [0, 0.05) is 11.8 Å². The topological polar surface area (TPSA) is 50.2 Å². The number of hydrogen-bond acceptors (Lipinski definition) is 2. The SMILES string of the molecule is Cc1cc(C#CCBr)cnc1C(=O)O. The van der Waals surface area contributed by atoms with Crippen LogP contribution in [0.25, 0.3) is 0 Å². The van der Waals surface area contributed by atoms with E-state index in [9.17, 15) is 4.79 Å². The number of carboxylic acids is 1. The number of hydrogen-bond donors (Lipinski definition) is 1. The summed E-state index contributed by atoms with van der Waals surface area (Å²) in [7, 11) is 0. The lowest BCUT2D eigenvalue weighted by Gasteiger charge is -1.98. The molecule has 1 N–H and O–H groups in total. The molecule has 3 nitrogen and oxygen atoms in total. The second kappa shape index (κ2) is 4.77. The molecule has 1 rings (SSSR count). The van der Waals surface area contributed by atoms with Crippen molar-refractivity contribution in [3.63, 3.8) is 0 Å². The molecule has 0 radical (unpaired) electrons. The number of carbonyl (C=O) groups is 1. The highest BCUT2D eigenvalue weighted by Crippen LogP contribution is 2.06. The Balaban J connectivity index is 3.06. The lowest BCUT2D eigenvalue weighted by Crippen LogP contribution is -2.03. The van der Waals surface area contributed by atoms with Gasteiger partial charge in [-0.15, -0.1) is 0 Å². The van der Waals surface area contributed by atoms with E-state index in [1.165, 1.54) is 6.20 Å². The average Bonchev–Trinajstić information content (AvgIpc) is 2.14. The second-order valence-corrected chi connectivity index (χ2v) is 3.19. The van der Waals surface area contributed by atoms with E-state index in [0.717, 1.165) is 5.56 Å². The standard InChI is InChI=1S/C10H8BrNO2/c1-7-5-8(3-2-4-11)6-12-9(7)10(13)14/h5-6H,4H2,1H3,(H,13,14). The van der Waals surface area contributed by atoms with E-state index in [1.54, 1.807) is 13.0 Å². The molecule has 0 aliphatic carbocycles. The summed E-state index contributed by atoms with van der Waals surface area (Å²) in [5.74, 6) is 4.66. The van der Waals surface area contributed by atoms with E-state index in [-0.39, 0.29) is 5.69 Å². The maximum Gasteiger partial charge on any atom is 0.354 e. The van der Waals surface area contributed by atoms with Gasteiger partial charge in [0.25, 0.3) is 0 Å². The summed E-state index contributed by atoms with van der Waals surface area (Å²) < 4.78 is 0. The number of halogens is 1. The Morgan fingerprint density at radius 1 is 1.71 bits per heavy atom. The average molecular weight is 254 g/mol. The van der Waals surface area contributed by atoms with Gasteiger partial charge in [-0.05, 0) is 18.6 Å². The van der Waals surface area contributed by atoms with Gasteiger partial charge in [-0.2, -0.15) is 0 Å². The molecule has 0 atom stereocenters. The number of aryl methyl sites for hydroxylation is 1. The third-order valence-corrected chi connectivity index (χ3v) is 1.86. The highest BCUT2D eigenvalue weighted by molar-refractivity contribution is 9.09. The molecule has 0 aromatic carbocycles. The fourth-order valence-corrected chi connectivity index (χ4v) is 1.14. The quantitative estimate of drug-likeness (QED) is 0.614. The van der Waals surface area contributed by atoms with Crippen LogP contribution in [0.4, 0.5) is 0 Å². The summed E-state index contributed by atoms with van der Waals surface area (Å²) in [6, 6.07) is 1.71. The molecule has 4 heteroatoms. The lowest BCUT2D eigenvalue weighted by molar-refractivity contribution is 0.0689. The van der Waals surface area contributed by atoms with Gasteiger partial charge in [-0.25, -0.2) is 9.78 Å². The van der Waals surface area contributed by atoms with Crippen molar-refractivity contribution in [2.24, 2.45) is 0 Å². The van der Waals surface area contributed by atoms with Crippen LogP contribution in [0.15, 0.2) is 12.3 Å². The molecule has 0 fully saturated rings. The first kappa shape index (κ1) is 10.7. The molecule has 0 aliphatic heterocycles. The Labute approximate surface area is 90.3 Å². The number of nitrogens with zero attached hydrogens (tertiary/aromatic N) is 1. The van der Waals surface area contributed by atoms with Crippen molar-refractivity contribution in [3.8, 4) is 11.8 Å². The molecular weight excluding hydrogens is 246 g/mol. The highest BCUT2D eigenvalue weighted by Gasteiger charge is 2.07. The number of pyridine rings is 1. The smallest absolute Gasteiger partial charge is 0.354 e. The van der Waals surface area contributed by atoms with Crippen LogP contribution >= 0.6 is 15.9 Å². The third kappa shape index (κ3) is 2.57. The first-order valence-corrected chi connectivity index (χ1v) is 5.02. The number of rotatable bonds is 1. The third-order valence-electron chi connectivity index (χ3n) is 1.58. The van der Waals surface area contributed by atoms with E-state index in [4.69, 9.17) is 5.11 Å². The minimum atomic E-state index is -1.01. The number of aromatic carboxylic acids is 1. The Hall–Kier alpha value is -1.34. The van der Waals surface area contributed by atoms with Gasteiger partial charge in [0.1, 0.15) is 0 Å². The van der Waals surface area contributed by atoms with Crippen LogP contribution in [0.3, 0.4) is 0 Å². The Morgan fingerprint density at radius 3 is 2.93 bits per heavy atom. The van der Waals surface area contributed by atoms with Crippen molar-refractivity contribution >= 4 is 21.9 Å². The summed E-state index contributed by atoms with van der Waals surface area (Å²) in [5.41, 5.74) is 1.43. The van der Waals surface area contributed by atoms with Gasteiger partial charge in [0.05, 0.1) is 5.33 Å².